The first-order chi connectivity index (χ1) is 9.03. The topological polar surface area (TPSA) is 73.1 Å². The van der Waals surface area contributed by atoms with Crippen LogP contribution in [0.25, 0.3) is 0 Å². The smallest absolute Gasteiger partial charge is 0.224 e. The number of nitrogens with one attached hydrogen (secondary N) is 1. The SMILES string of the molecule is CCC(C)(CCO)NC(=O)Cc1ccc(C#N)cc1. The van der Waals surface area contributed by atoms with Crippen LogP contribution in [0.3, 0.4) is 0 Å². The van der Waals surface area contributed by atoms with Crippen LogP contribution in [-0.2, 0) is 11.2 Å². The summed E-state index contributed by atoms with van der Waals surface area (Å²) in [5.41, 5.74) is 1.10. The second kappa shape index (κ2) is 6.91. The molecule has 0 heterocycles. The van der Waals surface area contributed by atoms with E-state index in [9.17, 15) is 4.79 Å². The molecule has 1 amide bonds. The van der Waals surface area contributed by atoms with Crippen LogP contribution in [0.15, 0.2) is 24.3 Å². The number of hydrogen-bond donors (Lipinski definition) is 2. The number of nitriles is 1. The highest BCUT2D eigenvalue weighted by molar-refractivity contribution is 5.79. The van der Waals surface area contributed by atoms with Crippen LogP contribution < -0.4 is 5.32 Å². The minimum atomic E-state index is -0.363. The molecule has 1 aromatic rings. The molecule has 0 saturated heterocycles. The molecule has 0 aliphatic carbocycles. The highest BCUT2D eigenvalue weighted by atomic mass is 16.3. The molecule has 102 valence electrons. The third kappa shape index (κ3) is 4.72. The highest BCUT2D eigenvalue weighted by Gasteiger charge is 2.23. The first-order valence-electron chi connectivity index (χ1n) is 6.44. The van der Waals surface area contributed by atoms with Crippen molar-refractivity contribution in [3.63, 3.8) is 0 Å². The van der Waals surface area contributed by atoms with Crippen LogP contribution in [-0.4, -0.2) is 23.2 Å². The van der Waals surface area contributed by atoms with Crippen LogP contribution in [0, 0.1) is 11.3 Å². The number of aliphatic hydroxyl groups excluding tert-OH is 1. The molecular weight excluding hydrogens is 240 g/mol. The molecule has 0 bridgehead atoms. The molecule has 19 heavy (non-hydrogen) atoms. The zero-order valence-electron chi connectivity index (χ0n) is 11.4. The van der Waals surface area contributed by atoms with Gasteiger partial charge in [-0.1, -0.05) is 19.1 Å². The third-order valence-corrected chi connectivity index (χ3v) is 3.33. The Morgan fingerprint density at radius 3 is 2.53 bits per heavy atom. The number of amides is 1. The average Bonchev–Trinajstić information content (AvgIpc) is 2.39. The van der Waals surface area contributed by atoms with E-state index in [0.717, 1.165) is 12.0 Å². The number of carbonyl (C=O) groups excluding carboxylic acids is 1. The molecule has 0 aliphatic rings. The fourth-order valence-corrected chi connectivity index (χ4v) is 1.84. The molecule has 0 aliphatic heterocycles. The summed E-state index contributed by atoms with van der Waals surface area (Å²) in [5, 5.41) is 20.7. The summed E-state index contributed by atoms with van der Waals surface area (Å²) in [6, 6.07) is 9.02. The number of carbonyl (C=O) groups is 1. The van der Waals surface area contributed by atoms with Gasteiger partial charge in [-0.15, -0.1) is 0 Å². The van der Waals surface area contributed by atoms with Gasteiger partial charge >= 0.3 is 0 Å². The molecule has 0 saturated carbocycles. The Balaban J connectivity index is 2.61. The molecule has 0 radical (unpaired) electrons. The van der Waals surface area contributed by atoms with E-state index in [1.165, 1.54) is 0 Å². The summed E-state index contributed by atoms with van der Waals surface area (Å²) in [6.07, 6.45) is 1.60. The zero-order chi connectivity index (χ0) is 14.3. The zero-order valence-corrected chi connectivity index (χ0v) is 11.4. The van der Waals surface area contributed by atoms with Gasteiger partial charge in [-0.05, 0) is 37.5 Å². The van der Waals surface area contributed by atoms with Crippen molar-refractivity contribution in [2.24, 2.45) is 0 Å². The lowest BCUT2D eigenvalue weighted by Crippen LogP contribution is -2.46. The maximum atomic E-state index is 12.0. The van der Waals surface area contributed by atoms with Crippen LogP contribution in [0.2, 0.25) is 0 Å². The molecule has 1 aromatic carbocycles. The Labute approximate surface area is 114 Å². The van der Waals surface area contributed by atoms with Crippen LogP contribution in [0.5, 0.6) is 0 Å². The molecule has 2 N–H and O–H groups in total. The van der Waals surface area contributed by atoms with Crippen LogP contribution in [0.4, 0.5) is 0 Å². The standard InChI is InChI=1S/C15H20N2O2/c1-3-15(2,8-9-18)17-14(19)10-12-4-6-13(11-16)7-5-12/h4-7,18H,3,8-10H2,1-2H3,(H,17,19). The van der Waals surface area contributed by atoms with Crippen molar-refractivity contribution in [3.05, 3.63) is 35.4 Å². The summed E-state index contributed by atoms with van der Waals surface area (Å²) >= 11 is 0. The highest BCUT2D eigenvalue weighted by Crippen LogP contribution is 2.14. The van der Waals surface area contributed by atoms with Crippen LogP contribution >= 0.6 is 0 Å². The molecular formula is C15H20N2O2. The molecule has 0 aromatic heterocycles. The second-order valence-electron chi connectivity index (χ2n) is 4.92. The number of benzene rings is 1. The Morgan fingerprint density at radius 1 is 1.42 bits per heavy atom. The van der Waals surface area contributed by atoms with Gasteiger partial charge in [-0.3, -0.25) is 4.79 Å². The monoisotopic (exact) mass is 260 g/mol. The van der Waals surface area contributed by atoms with E-state index in [-0.39, 0.29) is 24.5 Å². The molecule has 4 nitrogen and oxygen atoms in total. The molecule has 0 spiro atoms. The normalized spacial score (nSPS) is 13.4. The van der Waals surface area contributed by atoms with Crippen molar-refractivity contribution in [1.82, 2.24) is 5.32 Å². The Bertz CT molecular complexity index is 462. The van der Waals surface area contributed by atoms with Crippen molar-refractivity contribution in [1.29, 1.82) is 5.26 Å². The second-order valence-corrected chi connectivity index (χ2v) is 4.92. The lowest BCUT2D eigenvalue weighted by Gasteiger charge is -2.29. The predicted octanol–water partition coefficient (Wildman–Crippen LogP) is 1.77. The first-order valence-corrected chi connectivity index (χ1v) is 6.44. The Hall–Kier alpha value is -1.86. The van der Waals surface area contributed by atoms with Gasteiger partial charge < -0.3 is 10.4 Å². The van der Waals surface area contributed by atoms with Crippen molar-refractivity contribution < 1.29 is 9.90 Å². The first kappa shape index (κ1) is 15.2. The maximum absolute atomic E-state index is 12.0. The molecule has 4 heteroatoms. The van der Waals surface area contributed by atoms with E-state index in [4.69, 9.17) is 10.4 Å². The van der Waals surface area contributed by atoms with E-state index < -0.39 is 0 Å². The summed E-state index contributed by atoms with van der Waals surface area (Å²) in [7, 11) is 0. The van der Waals surface area contributed by atoms with Crippen LogP contribution in [0.1, 0.15) is 37.8 Å². The van der Waals surface area contributed by atoms with Gasteiger partial charge in [0.05, 0.1) is 18.1 Å². The molecule has 1 rings (SSSR count). The van der Waals surface area contributed by atoms with Crippen molar-refractivity contribution in [2.45, 2.75) is 38.6 Å². The summed E-state index contributed by atoms with van der Waals surface area (Å²) < 4.78 is 0. The Morgan fingerprint density at radius 2 is 2.05 bits per heavy atom. The molecule has 0 fully saturated rings. The van der Waals surface area contributed by atoms with Crippen molar-refractivity contribution in [3.8, 4) is 6.07 Å². The van der Waals surface area contributed by atoms with Gasteiger partial charge in [-0.25, -0.2) is 0 Å². The Kier molecular flexibility index (Phi) is 5.53. The quantitative estimate of drug-likeness (QED) is 0.818. The summed E-state index contributed by atoms with van der Waals surface area (Å²) in [5.74, 6) is -0.0671. The third-order valence-electron chi connectivity index (χ3n) is 3.33. The van der Waals surface area contributed by atoms with Gasteiger partial charge in [0.1, 0.15) is 0 Å². The van der Waals surface area contributed by atoms with Gasteiger partial charge in [0, 0.05) is 12.1 Å². The maximum Gasteiger partial charge on any atom is 0.224 e. The van der Waals surface area contributed by atoms with E-state index in [1.54, 1.807) is 24.3 Å². The number of nitrogens with zero attached hydrogens (tertiary/aromatic N) is 1. The van der Waals surface area contributed by atoms with Gasteiger partial charge in [0.25, 0.3) is 0 Å². The van der Waals surface area contributed by atoms with Crippen molar-refractivity contribution in [2.75, 3.05) is 6.61 Å². The largest absolute Gasteiger partial charge is 0.396 e. The lowest BCUT2D eigenvalue weighted by molar-refractivity contribution is -0.122. The minimum Gasteiger partial charge on any atom is -0.396 e. The summed E-state index contributed by atoms with van der Waals surface area (Å²) in [4.78, 5) is 12.0. The van der Waals surface area contributed by atoms with E-state index in [2.05, 4.69) is 5.32 Å². The fourth-order valence-electron chi connectivity index (χ4n) is 1.84. The fraction of sp³-hybridized carbons (Fsp3) is 0.467. The summed E-state index contributed by atoms with van der Waals surface area (Å²) in [6.45, 7) is 3.97. The lowest BCUT2D eigenvalue weighted by atomic mass is 9.94. The van der Waals surface area contributed by atoms with Crippen molar-refractivity contribution >= 4 is 5.91 Å². The van der Waals surface area contributed by atoms with E-state index >= 15 is 0 Å². The molecule has 1 unspecified atom stereocenters. The average molecular weight is 260 g/mol. The van der Waals surface area contributed by atoms with Gasteiger partial charge in [0.15, 0.2) is 0 Å². The number of hydrogen-bond acceptors (Lipinski definition) is 3. The van der Waals surface area contributed by atoms with Gasteiger partial charge in [-0.2, -0.15) is 5.26 Å². The van der Waals surface area contributed by atoms with E-state index in [0.29, 0.717) is 12.0 Å². The number of aliphatic hydroxyl groups is 1. The number of rotatable bonds is 6. The minimum absolute atomic E-state index is 0.0570. The van der Waals surface area contributed by atoms with Gasteiger partial charge in [0.2, 0.25) is 5.91 Å². The predicted molar refractivity (Wildman–Crippen MR) is 73.4 cm³/mol. The molecule has 1 atom stereocenters. The van der Waals surface area contributed by atoms with E-state index in [1.807, 2.05) is 19.9 Å².